The summed E-state index contributed by atoms with van der Waals surface area (Å²) >= 11 is 0. The molecule has 1 fully saturated rings. The standard InChI is InChI=1S/C20H41NO2S/c1-3-5-7-9-11-13-20(14-12-10-8-6-4-2)19-21-15-17-24(22,23)18-16-21/h20H,3-19H2,1-2H3. The van der Waals surface area contributed by atoms with Gasteiger partial charge in [-0.05, 0) is 18.8 Å². The van der Waals surface area contributed by atoms with E-state index in [-0.39, 0.29) is 0 Å². The molecule has 0 saturated carbocycles. The summed E-state index contributed by atoms with van der Waals surface area (Å²) in [5.74, 6) is 1.51. The van der Waals surface area contributed by atoms with E-state index in [0.717, 1.165) is 25.6 Å². The zero-order valence-corrected chi connectivity index (χ0v) is 17.1. The van der Waals surface area contributed by atoms with Crippen LogP contribution in [0.1, 0.15) is 90.9 Å². The average Bonchev–Trinajstić information content (AvgIpc) is 2.56. The third kappa shape index (κ3) is 10.7. The molecule has 144 valence electrons. The van der Waals surface area contributed by atoms with Gasteiger partial charge in [-0.3, -0.25) is 0 Å². The van der Waals surface area contributed by atoms with E-state index in [1.54, 1.807) is 0 Å². The minimum atomic E-state index is -2.75. The molecule has 4 heteroatoms. The maximum atomic E-state index is 11.6. The summed E-state index contributed by atoms with van der Waals surface area (Å²) in [6.45, 7) is 7.17. The molecule has 0 spiro atoms. The van der Waals surface area contributed by atoms with Gasteiger partial charge in [0.2, 0.25) is 0 Å². The Labute approximate surface area is 151 Å². The van der Waals surface area contributed by atoms with E-state index in [0.29, 0.717) is 11.5 Å². The van der Waals surface area contributed by atoms with Crippen molar-refractivity contribution in [3.05, 3.63) is 0 Å². The number of unbranched alkanes of at least 4 members (excludes halogenated alkanes) is 8. The number of rotatable bonds is 14. The Bertz CT molecular complexity index is 366. The molecule has 3 nitrogen and oxygen atoms in total. The van der Waals surface area contributed by atoms with Crippen LogP contribution in [0.5, 0.6) is 0 Å². The smallest absolute Gasteiger partial charge is 0.152 e. The molecule has 0 radical (unpaired) electrons. The second kappa shape index (κ2) is 13.2. The van der Waals surface area contributed by atoms with Crippen LogP contribution in [-0.4, -0.2) is 44.5 Å². The third-order valence-corrected chi connectivity index (χ3v) is 6.99. The SMILES string of the molecule is CCCCCCCC(CCCCCCC)CN1CCS(=O)(=O)CC1. The minimum absolute atomic E-state index is 0.368. The highest BCUT2D eigenvalue weighted by Gasteiger charge is 2.23. The van der Waals surface area contributed by atoms with Crippen molar-refractivity contribution in [2.24, 2.45) is 5.92 Å². The number of hydrogen-bond acceptors (Lipinski definition) is 3. The summed E-state index contributed by atoms with van der Waals surface area (Å²) < 4.78 is 23.2. The Balaban J connectivity index is 2.30. The molecule has 0 aromatic carbocycles. The van der Waals surface area contributed by atoms with Crippen molar-refractivity contribution in [1.82, 2.24) is 4.90 Å². The quantitative estimate of drug-likeness (QED) is 0.407. The normalized spacial score (nSPS) is 18.3. The van der Waals surface area contributed by atoms with Crippen molar-refractivity contribution in [2.75, 3.05) is 31.1 Å². The van der Waals surface area contributed by atoms with E-state index in [1.165, 1.54) is 77.0 Å². The monoisotopic (exact) mass is 359 g/mol. The predicted molar refractivity (Wildman–Crippen MR) is 105 cm³/mol. The van der Waals surface area contributed by atoms with Crippen LogP contribution in [0, 0.1) is 5.92 Å². The summed E-state index contributed by atoms with van der Waals surface area (Å²) in [5.41, 5.74) is 0. The topological polar surface area (TPSA) is 37.4 Å². The van der Waals surface area contributed by atoms with Gasteiger partial charge in [-0.2, -0.15) is 0 Å². The minimum Gasteiger partial charge on any atom is -0.301 e. The summed E-state index contributed by atoms with van der Waals surface area (Å²) in [7, 11) is -2.75. The van der Waals surface area contributed by atoms with E-state index >= 15 is 0 Å². The Morgan fingerprint density at radius 2 is 1.21 bits per heavy atom. The highest BCUT2D eigenvalue weighted by molar-refractivity contribution is 7.91. The van der Waals surface area contributed by atoms with Crippen molar-refractivity contribution < 1.29 is 8.42 Å². The predicted octanol–water partition coefficient (Wildman–Crippen LogP) is 5.05. The number of hydrogen-bond donors (Lipinski definition) is 0. The van der Waals surface area contributed by atoms with Crippen LogP contribution in [0.15, 0.2) is 0 Å². The summed E-state index contributed by atoms with van der Waals surface area (Å²) in [5, 5.41) is 0. The second-order valence-electron chi connectivity index (χ2n) is 7.72. The number of sulfone groups is 1. The highest BCUT2D eigenvalue weighted by Crippen LogP contribution is 2.21. The van der Waals surface area contributed by atoms with Gasteiger partial charge in [-0.25, -0.2) is 8.42 Å². The summed E-state index contributed by atoms with van der Waals surface area (Å²) in [6.07, 6.45) is 16.2. The highest BCUT2D eigenvalue weighted by atomic mass is 32.2. The van der Waals surface area contributed by atoms with Gasteiger partial charge < -0.3 is 4.90 Å². The molecule has 0 amide bonds. The molecule has 0 aromatic heterocycles. The van der Waals surface area contributed by atoms with Gasteiger partial charge >= 0.3 is 0 Å². The largest absolute Gasteiger partial charge is 0.301 e. The molecular formula is C20H41NO2S. The van der Waals surface area contributed by atoms with Crippen molar-refractivity contribution in [1.29, 1.82) is 0 Å². The maximum Gasteiger partial charge on any atom is 0.152 e. The van der Waals surface area contributed by atoms with E-state index in [1.807, 2.05) is 0 Å². The molecule has 1 heterocycles. The molecule has 1 aliphatic heterocycles. The summed E-state index contributed by atoms with van der Waals surface area (Å²) in [4.78, 5) is 2.41. The van der Waals surface area contributed by atoms with Crippen molar-refractivity contribution in [2.45, 2.75) is 90.9 Å². The van der Waals surface area contributed by atoms with Crippen LogP contribution in [0.3, 0.4) is 0 Å². The second-order valence-corrected chi connectivity index (χ2v) is 10.0. The van der Waals surface area contributed by atoms with Crippen LogP contribution in [-0.2, 0) is 9.84 Å². The fourth-order valence-electron chi connectivity index (χ4n) is 3.70. The lowest BCUT2D eigenvalue weighted by Crippen LogP contribution is -2.42. The molecule has 0 aromatic rings. The van der Waals surface area contributed by atoms with Gasteiger partial charge in [0.15, 0.2) is 9.84 Å². The van der Waals surface area contributed by atoms with E-state index < -0.39 is 9.84 Å². The molecular weight excluding hydrogens is 318 g/mol. The lowest BCUT2D eigenvalue weighted by Gasteiger charge is -2.30. The Hall–Kier alpha value is -0.0900. The van der Waals surface area contributed by atoms with Gasteiger partial charge in [0.25, 0.3) is 0 Å². The molecule has 1 aliphatic rings. The molecule has 0 bridgehead atoms. The molecule has 0 atom stereocenters. The number of nitrogens with zero attached hydrogens (tertiary/aromatic N) is 1. The van der Waals surface area contributed by atoms with Crippen LogP contribution in [0.2, 0.25) is 0 Å². The molecule has 1 rings (SSSR count). The van der Waals surface area contributed by atoms with E-state index in [9.17, 15) is 8.42 Å². The van der Waals surface area contributed by atoms with Gasteiger partial charge in [-0.1, -0.05) is 78.1 Å². The molecule has 1 saturated heterocycles. The Morgan fingerprint density at radius 3 is 1.67 bits per heavy atom. The average molecular weight is 360 g/mol. The van der Waals surface area contributed by atoms with Crippen molar-refractivity contribution in [3.8, 4) is 0 Å². The Morgan fingerprint density at radius 1 is 0.750 bits per heavy atom. The molecule has 0 unspecified atom stereocenters. The van der Waals surface area contributed by atoms with Gasteiger partial charge in [-0.15, -0.1) is 0 Å². The fourth-order valence-corrected chi connectivity index (χ4v) is 4.97. The first kappa shape index (κ1) is 22.0. The fraction of sp³-hybridized carbons (Fsp3) is 1.00. The van der Waals surface area contributed by atoms with Gasteiger partial charge in [0.1, 0.15) is 0 Å². The van der Waals surface area contributed by atoms with Crippen molar-refractivity contribution >= 4 is 9.84 Å². The first-order chi connectivity index (χ1) is 11.6. The molecule has 0 N–H and O–H groups in total. The lowest BCUT2D eigenvalue weighted by molar-refractivity contribution is 0.226. The molecule has 24 heavy (non-hydrogen) atoms. The first-order valence-corrected chi connectivity index (χ1v) is 12.3. The third-order valence-electron chi connectivity index (χ3n) is 5.39. The van der Waals surface area contributed by atoms with Crippen LogP contribution in [0.25, 0.3) is 0 Å². The van der Waals surface area contributed by atoms with Gasteiger partial charge in [0.05, 0.1) is 11.5 Å². The van der Waals surface area contributed by atoms with E-state index in [4.69, 9.17) is 0 Å². The zero-order valence-electron chi connectivity index (χ0n) is 16.3. The van der Waals surface area contributed by atoms with Crippen molar-refractivity contribution in [3.63, 3.8) is 0 Å². The molecule has 0 aliphatic carbocycles. The summed E-state index contributed by atoms with van der Waals surface area (Å²) in [6, 6.07) is 0. The Kier molecular flexibility index (Phi) is 12.0. The zero-order chi connectivity index (χ0) is 17.7. The van der Waals surface area contributed by atoms with Crippen LogP contribution >= 0.6 is 0 Å². The van der Waals surface area contributed by atoms with Crippen LogP contribution in [0.4, 0.5) is 0 Å². The van der Waals surface area contributed by atoms with Gasteiger partial charge in [0, 0.05) is 19.6 Å². The van der Waals surface area contributed by atoms with E-state index in [2.05, 4.69) is 18.7 Å². The van der Waals surface area contributed by atoms with Crippen LogP contribution < -0.4 is 0 Å². The first-order valence-electron chi connectivity index (χ1n) is 10.5. The lowest BCUT2D eigenvalue weighted by atomic mass is 9.93. The maximum absolute atomic E-state index is 11.6.